The largest absolute Gasteiger partial charge is 0.479 e. The van der Waals surface area contributed by atoms with Crippen molar-refractivity contribution >= 4 is 27.8 Å². The summed E-state index contributed by atoms with van der Waals surface area (Å²) in [6, 6.07) is 1.54. The lowest BCUT2D eigenvalue weighted by atomic mass is 10.0. The Morgan fingerprint density at radius 1 is 1.65 bits per heavy atom. The molecule has 2 N–H and O–H groups in total. The molecule has 0 saturated heterocycles. The highest BCUT2D eigenvalue weighted by molar-refractivity contribution is 9.10. The molecule has 0 saturated carbocycles. The van der Waals surface area contributed by atoms with Crippen LogP contribution in [0.2, 0.25) is 0 Å². The molecule has 17 heavy (non-hydrogen) atoms. The molecule has 0 spiro atoms. The van der Waals surface area contributed by atoms with Gasteiger partial charge in [0.15, 0.2) is 5.54 Å². The summed E-state index contributed by atoms with van der Waals surface area (Å²) in [6.45, 7) is 1.21. The topological polar surface area (TPSA) is 88.8 Å². The second kappa shape index (κ2) is 5.33. The molecule has 1 aromatic heterocycles. The Morgan fingerprint density at radius 3 is 2.71 bits per heavy atom. The number of halogens is 1. The summed E-state index contributed by atoms with van der Waals surface area (Å²) in [6.07, 6.45) is 1.33. The number of hydrogen-bond acceptors (Lipinski definition) is 4. The van der Waals surface area contributed by atoms with E-state index >= 15 is 0 Å². The number of amides is 1. The van der Waals surface area contributed by atoms with Crippen molar-refractivity contribution in [2.75, 3.05) is 13.7 Å². The molecule has 0 radical (unpaired) electrons. The van der Waals surface area contributed by atoms with Crippen LogP contribution in [0.15, 0.2) is 21.2 Å². The van der Waals surface area contributed by atoms with Crippen molar-refractivity contribution in [2.45, 2.75) is 12.5 Å². The van der Waals surface area contributed by atoms with Gasteiger partial charge in [-0.05, 0) is 28.9 Å². The van der Waals surface area contributed by atoms with Gasteiger partial charge in [-0.3, -0.25) is 4.79 Å². The Bertz CT molecular complexity index is 430. The van der Waals surface area contributed by atoms with Crippen LogP contribution in [0, 0.1) is 0 Å². The minimum absolute atomic E-state index is 0.0218. The zero-order valence-electron chi connectivity index (χ0n) is 9.32. The number of nitrogens with one attached hydrogen (secondary N) is 1. The lowest BCUT2D eigenvalue weighted by Crippen LogP contribution is -2.55. The molecule has 1 atom stereocenters. The lowest BCUT2D eigenvalue weighted by molar-refractivity contribution is -0.145. The Hall–Kier alpha value is -1.34. The van der Waals surface area contributed by atoms with Crippen molar-refractivity contribution in [3.8, 4) is 0 Å². The van der Waals surface area contributed by atoms with Crippen LogP contribution in [0.5, 0.6) is 0 Å². The molecule has 1 unspecified atom stereocenters. The van der Waals surface area contributed by atoms with Gasteiger partial charge in [-0.25, -0.2) is 4.79 Å². The van der Waals surface area contributed by atoms with Crippen molar-refractivity contribution in [3.05, 3.63) is 22.6 Å². The first-order valence-corrected chi connectivity index (χ1v) is 5.48. The smallest absolute Gasteiger partial charge is 0.331 e. The minimum atomic E-state index is -1.50. The van der Waals surface area contributed by atoms with Gasteiger partial charge in [0.2, 0.25) is 5.76 Å². The highest BCUT2D eigenvalue weighted by Gasteiger charge is 2.36. The summed E-state index contributed by atoms with van der Waals surface area (Å²) in [5.74, 6) is -1.78. The van der Waals surface area contributed by atoms with E-state index < -0.39 is 17.4 Å². The monoisotopic (exact) mass is 305 g/mol. The number of carboxylic acids is 1. The van der Waals surface area contributed by atoms with Crippen molar-refractivity contribution < 1.29 is 23.8 Å². The molecule has 0 aliphatic heterocycles. The van der Waals surface area contributed by atoms with Gasteiger partial charge in [-0.2, -0.15) is 0 Å². The van der Waals surface area contributed by atoms with E-state index in [0.29, 0.717) is 4.47 Å². The second-order valence-corrected chi connectivity index (χ2v) is 4.48. The molecule has 94 valence electrons. The Labute approximate surface area is 106 Å². The molecular weight excluding hydrogens is 294 g/mol. The number of aliphatic carboxylic acids is 1. The third-order valence-corrected chi connectivity index (χ3v) is 2.74. The van der Waals surface area contributed by atoms with E-state index in [1.807, 2.05) is 0 Å². The predicted molar refractivity (Wildman–Crippen MR) is 61.8 cm³/mol. The first-order chi connectivity index (χ1) is 7.90. The number of carbonyl (C=O) groups excluding carboxylic acids is 1. The van der Waals surface area contributed by atoms with Crippen LogP contribution in [-0.4, -0.2) is 36.2 Å². The lowest BCUT2D eigenvalue weighted by Gasteiger charge is -2.24. The number of methoxy groups -OCH3 is 1. The van der Waals surface area contributed by atoms with Gasteiger partial charge in [0.25, 0.3) is 5.91 Å². The van der Waals surface area contributed by atoms with Gasteiger partial charge in [-0.1, -0.05) is 0 Å². The van der Waals surface area contributed by atoms with Crippen molar-refractivity contribution in [1.29, 1.82) is 0 Å². The molecule has 7 heteroatoms. The fraction of sp³-hybridized carbons (Fsp3) is 0.400. The van der Waals surface area contributed by atoms with Crippen LogP contribution in [0.25, 0.3) is 0 Å². The molecule has 0 aromatic carbocycles. The molecule has 1 aromatic rings. The highest BCUT2D eigenvalue weighted by Crippen LogP contribution is 2.18. The summed E-state index contributed by atoms with van der Waals surface area (Å²) in [5.41, 5.74) is -1.50. The molecule has 0 bridgehead atoms. The van der Waals surface area contributed by atoms with Crippen LogP contribution in [-0.2, 0) is 9.53 Å². The quantitative estimate of drug-likeness (QED) is 0.855. The van der Waals surface area contributed by atoms with Crippen molar-refractivity contribution in [2.24, 2.45) is 0 Å². The second-order valence-electron chi connectivity index (χ2n) is 3.62. The molecule has 1 amide bonds. The summed E-state index contributed by atoms with van der Waals surface area (Å²) >= 11 is 3.12. The van der Waals surface area contributed by atoms with Crippen LogP contribution < -0.4 is 5.32 Å². The Balaban J connectivity index is 2.85. The summed E-state index contributed by atoms with van der Waals surface area (Å²) < 4.78 is 10.2. The number of rotatable bonds is 5. The number of hydrogen-bond donors (Lipinski definition) is 2. The maximum atomic E-state index is 11.8. The number of carboxylic acid groups (broad SMARTS) is 1. The van der Waals surface area contributed by atoms with E-state index in [0.717, 1.165) is 0 Å². The molecule has 6 nitrogen and oxygen atoms in total. The molecular formula is C10H12BrNO5. The molecule has 0 aliphatic rings. The highest BCUT2D eigenvalue weighted by atomic mass is 79.9. The number of furan rings is 1. The Morgan fingerprint density at radius 2 is 2.29 bits per heavy atom. The molecule has 1 rings (SSSR count). The zero-order chi connectivity index (χ0) is 13.1. The summed E-state index contributed by atoms with van der Waals surface area (Å²) in [5, 5.41) is 11.4. The maximum absolute atomic E-state index is 11.8. The number of carbonyl (C=O) groups is 2. The van der Waals surface area contributed by atoms with E-state index in [1.165, 1.54) is 20.3 Å². The average molecular weight is 306 g/mol. The predicted octanol–water partition coefficient (Wildman–Crippen LogP) is 1.26. The normalized spacial score (nSPS) is 14.1. The van der Waals surface area contributed by atoms with Crippen molar-refractivity contribution in [1.82, 2.24) is 5.32 Å². The first-order valence-electron chi connectivity index (χ1n) is 4.68. The van der Waals surface area contributed by atoms with Gasteiger partial charge in [0.05, 0.1) is 17.3 Å². The van der Waals surface area contributed by atoms with E-state index in [2.05, 4.69) is 21.2 Å². The number of ether oxygens (including phenoxy) is 1. The SMILES string of the molecule is COCC(C)(NC(=O)c1occc1Br)C(=O)O. The Kier molecular flexibility index (Phi) is 4.30. The fourth-order valence-corrected chi connectivity index (χ4v) is 1.58. The molecule has 0 fully saturated rings. The van der Waals surface area contributed by atoms with Crippen LogP contribution >= 0.6 is 15.9 Å². The first kappa shape index (κ1) is 13.7. The van der Waals surface area contributed by atoms with E-state index in [-0.39, 0.29) is 12.4 Å². The fourth-order valence-electron chi connectivity index (χ4n) is 1.20. The van der Waals surface area contributed by atoms with Gasteiger partial charge >= 0.3 is 5.97 Å². The third kappa shape index (κ3) is 3.07. The maximum Gasteiger partial charge on any atom is 0.331 e. The minimum Gasteiger partial charge on any atom is -0.479 e. The third-order valence-electron chi connectivity index (χ3n) is 2.12. The molecule has 0 aliphatic carbocycles. The average Bonchev–Trinajstić information content (AvgIpc) is 2.64. The van der Waals surface area contributed by atoms with Crippen LogP contribution in [0.4, 0.5) is 0 Å². The van der Waals surface area contributed by atoms with E-state index in [1.54, 1.807) is 6.07 Å². The molecule has 1 heterocycles. The van der Waals surface area contributed by atoms with E-state index in [9.17, 15) is 9.59 Å². The van der Waals surface area contributed by atoms with Gasteiger partial charge in [0.1, 0.15) is 0 Å². The van der Waals surface area contributed by atoms with Crippen molar-refractivity contribution in [3.63, 3.8) is 0 Å². The van der Waals surface area contributed by atoms with Gasteiger partial charge < -0.3 is 19.6 Å². The zero-order valence-corrected chi connectivity index (χ0v) is 10.9. The standard InChI is InChI=1S/C10H12BrNO5/c1-10(5-16-2,9(14)15)12-8(13)7-6(11)3-4-17-7/h3-4H,5H2,1-2H3,(H,12,13)(H,14,15). The van der Waals surface area contributed by atoms with Gasteiger partial charge in [0, 0.05) is 7.11 Å². The van der Waals surface area contributed by atoms with E-state index in [4.69, 9.17) is 14.3 Å². The summed E-state index contributed by atoms with van der Waals surface area (Å²) in [7, 11) is 1.36. The van der Waals surface area contributed by atoms with Crippen LogP contribution in [0.3, 0.4) is 0 Å². The summed E-state index contributed by atoms with van der Waals surface area (Å²) in [4.78, 5) is 22.8. The van der Waals surface area contributed by atoms with Gasteiger partial charge in [-0.15, -0.1) is 0 Å². The van der Waals surface area contributed by atoms with Crippen LogP contribution in [0.1, 0.15) is 17.5 Å².